The van der Waals surface area contributed by atoms with Crippen molar-refractivity contribution in [1.29, 1.82) is 0 Å². The third-order valence-electron chi connectivity index (χ3n) is 3.13. The molecular weight excluding hydrogens is 198 g/mol. The van der Waals surface area contributed by atoms with E-state index in [0.717, 1.165) is 12.8 Å². The van der Waals surface area contributed by atoms with Crippen molar-refractivity contribution < 1.29 is 4.79 Å². The number of carbonyl (C=O) groups excluding carboxylic acids is 1. The minimum atomic E-state index is -0.218. The highest BCUT2D eigenvalue weighted by molar-refractivity contribution is 5.83. The Kier molecular flexibility index (Phi) is 10.9. The zero-order valence-corrected chi connectivity index (χ0v) is 11.1. The molecule has 0 bridgehead atoms. The lowest BCUT2D eigenvalue weighted by Crippen LogP contribution is -2.29. The van der Waals surface area contributed by atoms with E-state index in [-0.39, 0.29) is 11.8 Å². The third kappa shape index (κ3) is 8.90. The van der Waals surface area contributed by atoms with Crippen molar-refractivity contribution >= 4 is 5.78 Å². The van der Waals surface area contributed by atoms with E-state index in [1.165, 1.54) is 44.9 Å². The number of unbranched alkanes of at least 4 members (excludes halogenated alkanes) is 7. The Bertz CT molecular complexity index is 168. The minimum absolute atomic E-state index is 0.218. The average molecular weight is 227 g/mol. The first kappa shape index (κ1) is 15.6. The third-order valence-corrected chi connectivity index (χ3v) is 3.13. The van der Waals surface area contributed by atoms with Gasteiger partial charge in [-0.15, -0.1) is 0 Å². The van der Waals surface area contributed by atoms with Crippen LogP contribution in [0.15, 0.2) is 0 Å². The summed E-state index contributed by atoms with van der Waals surface area (Å²) < 4.78 is 0. The molecular formula is C14H29NO. The molecule has 1 atom stereocenters. The molecule has 0 aliphatic carbocycles. The fourth-order valence-electron chi connectivity index (χ4n) is 1.85. The highest BCUT2D eigenvalue weighted by atomic mass is 16.1. The number of carbonyl (C=O) groups is 1. The molecule has 0 spiro atoms. The van der Waals surface area contributed by atoms with E-state index in [9.17, 15) is 4.79 Å². The van der Waals surface area contributed by atoms with Gasteiger partial charge in [0.05, 0.1) is 6.04 Å². The molecule has 0 aromatic rings. The van der Waals surface area contributed by atoms with Gasteiger partial charge in [-0.25, -0.2) is 0 Å². The summed E-state index contributed by atoms with van der Waals surface area (Å²) in [4.78, 5) is 11.4. The Morgan fingerprint density at radius 3 is 1.94 bits per heavy atom. The molecule has 0 aromatic carbocycles. The SMILES string of the molecule is CCCCCCCCCCC(=O)C(N)CC. The monoisotopic (exact) mass is 227 g/mol. The van der Waals surface area contributed by atoms with E-state index in [0.29, 0.717) is 6.42 Å². The Morgan fingerprint density at radius 1 is 0.938 bits per heavy atom. The fraction of sp³-hybridized carbons (Fsp3) is 0.929. The molecule has 0 aliphatic heterocycles. The molecule has 2 nitrogen and oxygen atoms in total. The van der Waals surface area contributed by atoms with Crippen molar-refractivity contribution in [3.63, 3.8) is 0 Å². The second-order valence-corrected chi connectivity index (χ2v) is 4.71. The molecule has 96 valence electrons. The van der Waals surface area contributed by atoms with Gasteiger partial charge in [0.15, 0.2) is 0 Å². The quantitative estimate of drug-likeness (QED) is 0.545. The van der Waals surface area contributed by atoms with Gasteiger partial charge >= 0.3 is 0 Å². The van der Waals surface area contributed by atoms with E-state index >= 15 is 0 Å². The zero-order chi connectivity index (χ0) is 12.2. The van der Waals surface area contributed by atoms with Crippen LogP contribution in [0.2, 0.25) is 0 Å². The number of rotatable bonds is 11. The standard InChI is InChI=1S/C14H29NO/c1-3-5-6-7-8-9-10-11-12-14(16)13(15)4-2/h13H,3-12,15H2,1-2H3. The summed E-state index contributed by atoms with van der Waals surface area (Å²) in [5, 5.41) is 0. The minimum Gasteiger partial charge on any atom is -0.322 e. The van der Waals surface area contributed by atoms with Crippen LogP contribution in [0, 0.1) is 0 Å². The largest absolute Gasteiger partial charge is 0.322 e. The number of Topliss-reactive ketones (excluding diaryl/α,β-unsaturated/α-hetero) is 1. The first-order valence-corrected chi connectivity index (χ1v) is 7.00. The second-order valence-electron chi connectivity index (χ2n) is 4.71. The maximum Gasteiger partial charge on any atom is 0.149 e. The second kappa shape index (κ2) is 11.1. The Hall–Kier alpha value is -0.370. The van der Waals surface area contributed by atoms with Crippen LogP contribution in [0.5, 0.6) is 0 Å². The summed E-state index contributed by atoms with van der Waals surface area (Å²) in [5.41, 5.74) is 5.66. The van der Waals surface area contributed by atoms with E-state index in [4.69, 9.17) is 5.73 Å². The van der Waals surface area contributed by atoms with Gasteiger partial charge in [0.25, 0.3) is 0 Å². The number of hydrogen-bond acceptors (Lipinski definition) is 2. The van der Waals surface area contributed by atoms with Crippen molar-refractivity contribution in [3.05, 3.63) is 0 Å². The Labute approximate surface area is 101 Å². The summed E-state index contributed by atoms with van der Waals surface area (Å²) in [6, 6.07) is -0.218. The predicted molar refractivity (Wildman–Crippen MR) is 70.5 cm³/mol. The molecule has 0 aliphatic rings. The van der Waals surface area contributed by atoms with Gasteiger partial charge < -0.3 is 5.73 Å². The van der Waals surface area contributed by atoms with Crippen LogP contribution in [0.1, 0.15) is 78.1 Å². The summed E-state index contributed by atoms with van der Waals surface area (Å²) in [6.45, 7) is 4.21. The molecule has 1 unspecified atom stereocenters. The highest BCUT2D eigenvalue weighted by Crippen LogP contribution is 2.10. The van der Waals surface area contributed by atoms with Crippen LogP contribution in [0.4, 0.5) is 0 Å². The van der Waals surface area contributed by atoms with Crippen LogP contribution >= 0.6 is 0 Å². The molecule has 0 rings (SSSR count). The van der Waals surface area contributed by atoms with Crippen molar-refractivity contribution in [2.45, 2.75) is 84.1 Å². The van der Waals surface area contributed by atoms with Gasteiger partial charge in [0.2, 0.25) is 0 Å². The first-order valence-electron chi connectivity index (χ1n) is 7.00. The normalized spacial score (nSPS) is 12.7. The van der Waals surface area contributed by atoms with Crippen LogP contribution in [-0.4, -0.2) is 11.8 Å². The van der Waals surface area contributed by atoms with Crippen LogP contribution in [0.3, 0.4) is 0 Å². The Morgan fingerprint density at radius 2 is 1.44 bits per heavy atom. The molecule has 0 saturated carbocycles. The summed E-state index contributed by atoms with van der Waals surface area (Å²) in [6.07, 6.45) is 11.7. The molecule has 0 fully saturated rings. The highest BCUT2D eigenvalue weighted by Gasteiger charge is 2.09. The summed E-state index contributed by atoms with van der Waals surface area (Å²) >= 11 is 0. The van der Waals surface area contributed by atoms with E-state index < -0.39 is 0 Å². The van der Waals surface area contributed by atoms with E-state index in [1.807, 2.05) is 6.92 Å². The van der Waals surface area contributed by atoms with E-state index in [2.05, 4.69) is 6.92 Å². The zero-order valence-electron chi connectivity index (χ0n) is 11.1. The smallest absolute Gasteiger partial charge is 0.149 e. The lowest BCUT2D eigenvalue weighted by Gasteiger charge is -2.06. The van der Waals surface area contributed by atoms with Crippen LogP contribution < -0.4 is 5.73 Å². The lowest BCUT2D eigenvalue weighted by molar-refractivity contribution is -0.120. The number of ketones is 1. The lowest BCUT2D eigenvalue weighted by atomic mass is 10.0. The topological polar surface area (TPSA) is 43.1 Å². The van der Waals surface area contributed by atoms with Crippen LogP contribution in [0.25, 0.3) is 0 Å². The van der Waals surface area contributed by atoms with E-state index in [1.54, 1.807) is 0 Å². The average Bonchev–Trinajstić information content (AvgIpc) is 2.31. The molecule has 16 heavy (non-hydrogen) atoms. The van der Waals surface area contributed by atoms with Crippen molar-refractivity contribution in [2.75, 3.05) is 0 Å². The van der Waals surface area contributed by atoms with Gasteiger partial charge in [0, 0.05) is 6.42 Å². The van der Waals surface area contributed by atoms with Gasteiger partial charge in [0.1, 0.15) is 5.78 Å². The summed E-state index contributed by atoms with van der Waals surface area (Å²) in [5.74, 6) is 0.244. The van der Waals surface area contributed by atoms with Gasteiger partial charge in [-0.1, -0.05) is 58.8 Å². The van der Waals surface area contributed by atoms with Gasteiger partial charge in [-0.3, -0.25) is 4.79 Å². The maximum atomic E-state index is 11.4. The first-order chi connectivity index (χ1) is 7.72. The van der Waals surface area contributed by atoms with Crippen LogP contribution in [-0.2, 0) is 4.79 Å². The Balaban J connectivity index is 3.18. The maximum absolute atomic E-state index is 11.4. The molecule has 0 radical (unpaired) electrons. The molecule has 0 heterocycles. The van der Waals surface area contributed by atoms with Gasteiger partial charge in [-0.05, 0) is 12.8 Å². The van der Waals surface area contributed by atoms with Crippen molar-refractivity contribution in [1.82, 2.24) is 0 Å². The molecule has 0 amide bonds. The van der Waals surface area contributed by atoms with Crippen molar-refractivity contribution in [2.24, 2.45) is 5.73 Å². The fourth-order valence-corrected chi connectivity index (χ4v) is 1.85. The molecule has 2 N–H and O–H groups in total. The van der Waals surface area contributed by atoms with Gasteiger partial charge in [-0.2, -0.15) is 0 Å². The molecule has 0 saturated heterocycles. The molecule has 0 aromatic heterocycles. The molecule has 2 heteroatoms. The summed E-state index contributed by atoms with van der Waals surface area (Å²) in [7, 11) is 0. The van der Waals surface area contributed by atoms with Crippen molar-refractivity contribution in [3.8, 4) is 0 Å². The number of hydrogen-bond donors (Lipinski definition) is 1. The number of nitrogens with two attached hydrogens (primary N) is 1. The predicted octanol–water partition coefficient (Wildman–Crippen LogP) is 3.82.